The van der Waals surface area contributed by atoms with Crippen molar-refractivity contribution in [2.24, 2.45) is 0 Å². The van der Waals surface area contributed by atoms with Crippen LogP contribution in [0.5, 0.6) is 11.5 Å². The monoisotopic (exact) mass is 234 g/mol. The number of phenolic OH excluding ortho intramolecular Hbond substituents is 1. The first-order chi connectivity index (χ1) is 8.11. The van der Waals surface area contributed by atoms with Gasteiger partial charge in [0.15, 0.2) is 0 Å². The molecule has 0 unspecified atom stereocenters. The van der Waals surface area contributed by atoms with E-state index < -0.39 is 5.82 Å². The third-order valence-electron chi connectivity index (χ3n) is 2.35. The Balaban J connectivity index is 2.63. The van der Waals surface area contributed by atoms with Gasteiger partial charge in [-0.25, -0.2) is 9.37 Å². The molecule has 0 spiro atoms. The highest BCUT2D eigenvalue weighted by Crippen LogP contribution is 2.34. The second-order valence-electron chi connectivity index (χ2n) is 3.47. The summed E-state index contributed by atoms with van der Waals surface area (Å²) in [5.41, 5.74) is 6.32. The lowest BCUT2D eigenvalue weighted by molar-refractivity contribution is 0.409. The Labute approximate surface area is 97.5 Å². The van der Waals surface area contributed by atoms with Crippen LogP contribution in [0.2, 0.25) is 0 Å². The maximum Gasteiger partial charge on any atom is 0.149 e. The number of ether oxygens (including phenoxy) is 1. The number of aromatic nitrogens is 1. The molecule has 17 heavy (non-hydrogen) atoms. The van der Waals surface area contributed by atoms with Crippen LogP contribution in [0.15, 0.2) is 30.5 Å². The van der Waals surface area contributed by atoms with E-state index in [1.165, 1.54) is 25.3 Å². The number of methoxy groups -OCH3 is 1. The van der Waals surface area contributed by atoms with Crippen LogP contribution < -0.4 is 10.5 Å². The topological polar surface area (TPSA) is 68.4 Å². The zero-order valence-corrected chi connectivity index (χ0v) is 9.14. The first-order valence-corrected chi connectivity index (χ1v) is 4.90. The molecule has 88 valence electrons. The summed E-state index contributed by atoms with van der Waals surface area (Å²) < 4.78 is 18.7. The molecule has 0 atom stereocenters. The van der Waals surface area contributed by atoms with E-state index in [-0.39, 0.29) is 17.1 Å². The molecular formula is C12H11FN2O2. The Morgan fingerprint density at radius 2 is 2.06 bits per heavy atom. The van der Waals surface area contributed by atoms with Gasteiger partial charge in [0.25, 0.3) is 0 Å². The van der Waals surface area contributed by atoms with E-state index in [1.54, 1.807) is 6.07 Å². The summed E-state index contributed by atoms with van der Waals surface area (Å²) >= 11 is 0. The molecule has 0 aliphatic heterocycles. The number of pyridine rings is 1. The highest BCUT2D eigenvalue weighted by Gasteiger charge is 2.12. The van der Waals surface area contributed by atoms with Crippen molar-refractivity contribution in [1.82, 2.24) is 4.98 Å². The first kappa shape index (κ1) is 11.2. The number of nitrogens with two attached hydrogens (primary N) is 1. The minimum Gasteiger partial charge on any atom is -0.508 e. The Hall–Kier alpha value is -2.30. The van der Waals surface area contributed by atoms with Gasteiger partial charge in [0, 0.05) is 17.2 Å². The fourth-order valence-electron chi connectivity index (χ4n) is 1.56. The van der Waals surface area contributed by atoms with Crippen molar-refractivity contribution in [3.8, 4) is 22.6 Å². The van der Waals surface area contributed by atoms with Gasteiger partial charge in [-0.2, -0.15) is 0 Å². The number of phenols is 1. The quantitative estimate of drug-likeness (QED) is 0.835. The van der Waals surface area contributed by atoms with Gasteiger partial charge in [-0.05, 0) is 18.2 Å². The van der Waals surface area contributed by atoms with Crippen LogP contribution in [-0.4, -0.2) is 17.2 Å². The summed E-state index contributed by atoms with van der Waals surface area (Å²) in [6, 6.07) is 5.84. The summed E-state index contributed by atoms with van der Waals surface area (Å²) in [7, 11) is 1.45. The van der Waals surface area contributed by atoms with Gasteiger partial charge in [-0.3, -0.25) is 0 Å². The molecule has 1 aromatic heterocycles. The van der Waals surface area contributed by atoms with E-state index in [1.807, 2.05) is 0 Å². The van der Waals surface area contributed by atoms with Gasteiger partial charge in [0.1, 0.15) is 23.1 Å². The molecule has 0 fully saturated rings. The summed E-state index contributed by atoms with van der Waals surface area (Å²) in [5, 5.41) is 9.33. The molecule has 5 heteroatoms. The molecule has 1 aromatic carbocycles. The van der Waals surface area contributed by atoms with Crippen LogP contribution in [0, 0.1) is 5.82 Å². The Bertz CT molecular complexity index is 558. The normalized spacial score (nSPS) is 10.2. The molecule has 0 bridgehead atoms. The number of halogens is 1. The molecule has 0 radical (unpaired) electrons. The lowest BCUT2D eigenvalue weighted by atomic mass is 10.0. The summed E-state index contributed by atoms with van der Waals surface area (Å²) in [4.78, 5) is 3.65. The van der Waals surface area contributed by atoms with Crippen molar-refractivity contribution in [2.45, 2.75) is 0 Å². The number of aromatic hydroxyl groups is 1. The molecule has 4 nitrogen and oxygen atoms in total. The van der Waals surface area contributed by atoms with E-state index in [0.717, 1.165) is 6.20 Å². The van der Waals surface area contributed by atoms with Crippen molar-refractivity contribution in [2.75, 3.05) is 12.8 Å². The largest absolute Gasteiger partial charge is 0.508 e. The highest BCUT2D eigenvalue weighted by molar-refractivity contribution is 5.73. The maximum atomic E-state index is 13.6. The third-order valence-corrected chi connectivity index (χ3v) is 2.35. The smallest absolute Gasteiger partial charge is 0.149 e. The average Bonchev–Trinajstić information content (AvgIpc) is 2.32. The van der Waals surface area contributed by atoms with Crippen LogP contribution in [0.4, 0.5) is 10.2 Å². The minimum atomic E-state index is -0.497. The maximum absolute atomic E-state index is 13.6. The second kappa shape index (κ2) is 4.29. The van der Waals surface area contributed by atoms with E-state index in [2.05, 4.69) is 4.98 Å². The van der Waals surface area contributed by atoms with Crippen LogP contribution >= 0.6 is 0 Å². The van der Waals surface area contributed by atoms with Crippen LogP contribution in [0.25, 0.3) is 11.1 Å². The van der Waals surface area contributed by atoms with Gasteiger partial charge in [-0.1, -0.05) is 0 Å². The second-order valence-corrected chi connectivity index (χ2v) is 3.47. The van der Waals surface area contributed by atoms with Crippen LogP contribution in [0.1, 0.15) is 0 Å². The van der Waals surface area contributed by atoms with E-state index in [9.17, 15) is 9.50 Å². The molecular weight excluding hydrogens is 223 g/mol. The summed E-state index contributed by atoms with van der Waals surface area (Å²) in [6.45, 7) is 0. The standard InChI is InChI=1S/C12H11FN2O2/c1-17-11-4-7(16)2-3-8(11)9-5-12(14)15-6-10(9)13/h2-6,16H,1H3,(H2,14,15). The summed E-state index contributed by atoms with van der Waals surface area (Å²) in [5.74, 6) is 0.141. The predicted molar refractivity (Wildman–Crippen MR) is 62.3 cm³/mol. The van der Waals surface area contributed by atoms with E-state index in [0.29, 0.717) is 11.3 Å². The Morgan fingerprint density at radius 3 is 2.76 bits per heavy atom. The number of nitrogen functional groups attached to an aromatic ring is 1. The number of nitrogens with zero attached hydrogens (tertiary/aromatic N) is 1. The number of benzene rings is 1. The van der Waals surface area contributed by atoms with Gasteiger partial charge in [0.05, 0.1) is 13.3 Å². The molecule has 0 amide bonds. The predicted octanol–water partition coefficient (Wildman–Crippen LogP) is 2.18. The lowest BCUT2D eigenvalue weighted by Crippen LogP contribution is -1.95. The van der Waals surface area contributed by atoms with Gasteiger partial charge in [0.2, 0.25) is 0 Å². The number of anilines is 1. The molecule has 2 rings (SSSR count). The van der Waals surface area contributed by atoms with Crippen molar-refractivity contribution in [3.05, 3.63) is 36.3 Å². The molecule has 0 aliphatic rings. The van der Waals surface area contributed by atoms with E-state index >= 15 is 0 Å². The van der Waals surface area contributed by atoms with Crippen LogP contribution in [0.3, 0.4) is 0 Å². The molecule has 3 N–H and O–H groups in total. The minimum absolute atomic E-state index is 0.0491. The Kier molecular flexibility index (Phi) is 2.82. The van der Waals surface area contributed by atoms with Crippen molar-refractivity contribution >= 4 is 5.82 Å². The fourth-order valence-corrected chi connectivity index (χ4v) is 1.56. The first-order valence-electron chi connectivity index (χ1n) is 4.90. The van der Waals surface area contributed by atoms with Gasteiger partial charge in [-0.15, -0.1) is 0 Å². The highest BCUT2D eigenvalue weighted by atomic mass is 19.1. The SMILES string of the molecule is COc1cc(O)ccc1-c1cc(N)ncc1F. The van der Waals surface area contributed by atoms with Crippen LogP contribution in [-0.2, 0) is 0 Å². The lowest BCUT2D eigenvalue weighted by Gasteiger charge is -2.10. The average molecular weight is 234 g/mol. The number of rotatable bonds is 2. The Morgan fingerprint density at radius 1 is 1.29 bits per heavy atom. The van der Waals surface area contributed by atoms with Crippen molar-refractivity contribution < 1.29 is 14.2 Å². The van der Waals surface area contributed by atoms with E-state index in [4.69, 9.17) is 10.5 Å². The van der Waals surface area contributed by atoms with Crippen molar-refractivity contribution in [1.29, 1.82) is 0 Å². The van der Waals surface area contributed by atoms with Gasteiger partial charge >= 0.3 is 0 Å². The zero-order valence-electron chi connectivity index (χ0n) is 9.14. The molecule has 0 aliphatic carbocycles. The number of hydrogen-bond donors (Lipinski definition) is 2. The number of hydrogen-bond acceptors (Lipinski definition) is 4. The molecule has 2 aromatic rings. The molecule has 1 heterocycles. The van der Waals surface area contributed by atoms with Crippen molar-refractivity contribution in [3.63, 3.8) is 0 Å². The molecule has 0 saturated carbocycles. The zero-order chi connectivity index (χ0) is 12.4. The summed E-state index contributed by atoms with van der Waals surface area (Å²) in [6.07, 6.45) is 1.05. The van der Waals surface area contributed by atoms with Gasteiger partial charge < -0.3 is 15.6 Å². The molecule has 0 saturated heterocycles. The third kappa shape index (κ3) is 2.13. The fraction of sp³-hybridized carbons (Fsp3) is 0.0833.